The third-order valence-electron chi connectivity index (χ3n) is 7.49. The molecule has 3 rings (SSSR count). The summed E-state index contributed by atoms with van der Waals surface area (Å²) in [7, 11) is -1.73. The van der Waals surface area contributed by atoms with Gasteiger partial charge in [0, 0.05) is 12.6 Å². The van der Waals surface area contributed by atoms with Gasteiger partial charge in [-0.05, 0) is 58.9 Å². The highest BCUT2D eigenvalue weighted by atomic mass is 28.3. The average molecular weight is 591 g/mol. The van der Waals surface area contributed by atoms with E-state index in [1.54, 1.807) is 25.7 Å². The Labute approximate surface area is 244 Å². The smallest absolute Gasteiger partial charge is 0.408 e. The third kappa shape index (κ3) is 9.94. The van der Waals surface area contributed by atoms with Crippen LogP contribution in [0, 0.1) is 0 Å². The van der Waals surface area contributed by atoms with Crippen LogP contribution >= 0.6 is 0 Å². The molecule has 1 aromatic carbocycles. The Morgan fingerprint density at radius 2 is 1.66 bits per heavy atom. The topological polar surface area (TPSA) is 135 Å². The molecular formula is C29H46N4O7Si. The molecule has 1 aliphatic heterocycles. The average Bonchev–Trinajstić information content (AvgIpc) is 3.21. The van der Waals surface area contributed by atoms with Crippen LogP contribution < -0.4 is 16.0 Å². The van der Waals surface area contributed by atoms with Gasteiger partial charge in [0.15, 0.2) is 0 Å². The SMILES string of the molecule is CC(OC(=O)NC1CC(NC(=O)OC(C)(C)C)CCC1N1CC[C@H](NC(=O)OCc2ccccc2)C1=O)[Si](C)(C)C. The van der Waals surface area contributed by atoms with Crippen molar-refractivity contribution in [3.05, 3.63) is 35.9 Å². The standard InChI is InChI=1S/C29H46N4O7Si/c1-19(41(5,6)7)39-27(36)32-23-17-21(30-28(37)40-29(2,3)4)13-14-24(23)33-16-15-22(25(33)34)31-26(35)38-18-20-11-9-8-10-12-20/h8-12,19,21-24H,13-18H2,1-7H3,(H,30,37)(H,31,35)(H,32,36)/t19?,21?,22-,23?,24?/m0/s1. The highest BCUT2D eigenvalue weighted by molar-refractivity contribution is 6.77. The fraction of sp³-hybridized carbons (Fsp3) is 0.655. The Morgan fingerprint density at radius 3 is 2.29 bits per heavy atom. The molecule has 4 amide bonds. The monoisotopic (exact) mass is 590 g/mol. The fourth-order valence-electron chi connectivity index (χ4n) is 4.88. The Hall–Kier alpha value is -3.28. The van der Waals surface area contributed by atoms with E-state index < -0.39 is 44.0 Å². The number of carbonyl (C=O) groups is 4. The summed E-state index contributed by atoms with van der Waals surface area (Å²) in [6, 6.07) is 7.57. The van der Waals surface area contributed by atoms with E-state index in [0.717, 1.165) is 5.56 Å². The molecule has 11 nitrogen and oxygen atoms in total. The van der Waals surface area contributed by atoms with Crippen LogP contribution in [0.25, 0.3) is 0 Å². The van der Waals surface area contributed by atoms with Crippen LogP contribution in [-0.4, -0.2) is 79.2 Å². The maximum atomic E-state index is 13.4. The first-order chi connectivity index (χ1) is 19.1. The summed E-state index contributed by atoms with van der Waals surface area (Å²) < 4.78 is 16.4. The Morgan fingerprint density at radius 1 is 0.976 bits per heavy atom. The number of carbonyl (C=O) groups excluding carboxylic acids is 4. The van der Waals surface area contributed by atoms with Crippen LogP contribution in [-0.2, 0) is 25.6 Å². The predicted molar refractivity (Wildman–Crippen MR) is 157 cm³/mol. The van der Waals surface area contributed by atoms with Crippen molar-refractivity contribution in [2.24, 2.45) is 0 Å². The normalized spacial score (nSPS) is 23.8. The molecule has 0 radical (unpaired) electrons. The Kier molecular flexibility index (Phi) is 10.7. The van der Waals surface area contributed by atoms with Crippen LogP contribution in [0.4, 0.5) is 14.4 Å². The van der Waals surface area contributed by atoms with Crippen molar-refractivity contribution in [2.45, 2.75) is 115 Å². The summed E-state index contributed by atoms with van der Waals surface area (Å²) in [6.45, 7) is 14.2. The van der Waals surface area contributed by atoms with Crippen molar-refractivity contribution in [1.29, 1.82) is 0 Å². The molecule has 1 aromatic rings. The number of rotatable bonds is 8. The third-order valence-corrected chi connectivity index (χ3v) is 10.0. The van der Waals surface area contributed by atoms with Gasteiger partial charge < -0.3 is 35.1 Å². The van der Waals surface area contributed by atoms with E-state index in [1.165, 1.54) is 0 Å². The second-order valence-electron chi connectivity index (χ2n) is 13.0. The largest absolute Gasteiger partial charge is 0.450 e. The zero-order chi connectivity index (χ0) is 30.4. The maximum Gasteiger partial charge on any atom is 0.408 e. The first-order valence-corrected chi connectivity index (χ1v) is 17.9. The lowest BCUT2D eigenvalue weighted by Gasteiger charge is -2.41. The summed E-state index contributed by atoms with van der Waals surface area (Å²) in [5, 5.41) is 8.57. The van der Waals surface area contributed by atoms with Crippen LogP contribution in [0.3, 0.4) is 0 Å². The van der Waals surface area contributed by atoms with Gasteiger partial charge in [-0.2, -0.15) is 0 Å². The highest BCUT2D eigenvalue weighted by Crippen LogP contribution is 2.28. The van der Waals surface area contributed by atoms with Gasteiger partial charge in [-0.15, -0.1) is 0 Å². The summed E-state index contributed by atoms with van der Waals surface area (Å²) in [5.41, 5.74) is 0.00856. The van der Waals surface area contributed by atoms with Crippen LogP contribution in [0.1, 0.15) is 58.9 Å². The lowest BCUT2D eigenvalue weighted by atomic mass is 9.85. The van der Waals surface area contributed by atoms with Gasteiger partial charge in [-0.25, -0.2) is 14.4 Å². The lowest BCUT2D eigenvalue weighted by Crippen LogP contribution is -2.59. The minimum Gasteiger partial charge on any atom is -0.450 e. The van der Waals surface area contributed by atoms with E-state index >= 15 is 0 Å². The van der Waals surface area contributed by atoms with Crippen molar-refractivity contribution >= 4 is 32.3 Å². The van der Waals surface area contributed by atoms with Gasteiger partial charge in [0.05, 0.1) is 25.9 Å². The van der Waals surface area contributed by atoms with E-state index in [-0.39, 0.29) is 30.3 Å². The van der Waals surface area contributed by atoms with Crippen LogP contribution in [0.5, 0.6) is 0 Å². The summed E-state index contributed by atoms with van der Waals surface area (Å²) in [6.07, 6.45) is 0.261. The highest BCUT2D eigenvalue weighted by Gasteiger charge is 2.43. The number of ether oxygens (including phenoxy) is 3. The Bertz CT molecular complexity index is 1070. The van der Waals surface area contributed by atoms with Crippen molar-refractivity contribution in [3.63, 3.8) is 0 Å². The second-order valence-corrected chi connectivity index (χ2v) is 18.5. The lowest BCUT2D eigenvalue weighted by molar-refractivity contribution is -0.132. The van der Waals surface area contributed by atoms with Gasteiger partial charge in [0.2, 0.25) is 5.91 Å². The first kappa shape index (κ1) is 32.2. The zero-order valence-corrected chi connectivity index (χ0v) is 26.3. The summed E-state index contributed by atoms with van der Waals surface area (Å²) in [4.78, 5) is 52.9. The van der Waals surface area contributed by atoms with E-state index in [1.807, 2.05) is 37.3 Å². The number of nitrogens with one attached hydrogen (secondary N) is 3. The molecule has 1 saturated carbocycles. The molecule has 41 heavy (non-hydrogen) atoms. The zero-order valence-electron chi connectivity index (χ0n) is 25.3. The van der Waals surface area contributed by atoms with Crippen molar-refractivity contribution in [1.82, 2.24) is 20.9 Å². The molecule has 3 N–H and O–H groups in total. The van der Waals surface area contributed by atoms with E-state index in [2.05, 4.69) is 35.6 Å². The van der Waals surface area contributed by atoms with Gasteiger partial charge in [-0.1, -0.05) is 50.0 Å². The molecule has 2 fully saturated rings. The molecule has 0 spiro atoms. The molecule has 12 heteroatoms. The number of benzene rings is 1. The molecule has 1 aliphatic carbocycles. The number of amides is 4. The molecule has 228 valence electrons. The van der Waals surface area contributed by atoms with E-state index in [4.69, 9.17) is 14.2 Å². The minimum absolute atomic E-state index is 0.107. The molecule has 5 atom stereocenters. The molecule has 2 aliphatic rings. The van der Waals surface area contributed by atoms with Gasteiger partial charge in [-0.3, -0.25) is 4.79 Å². The van der Waals surface area contributed by atoms with Crippen molar-refractivity contribution < 1.29 is 33.4 Å². The molecular weight excluding hydrogens is 544 g/mol. The van der Waals surface area contributed by atoms with Crippen molar-refractivity contribution in [2.75, 3.05) is 6.54 Å². The number of hydrogen-bond acceptors (Lipinski definition) is 7. The molecule has 0 bridgehead atoms. The number of likely N-dealkylation sites (tertiary alicyclic amines) is 1. The molecule has 1 heterocycles. The van der Waals surface area contributed by atoms with Crippen LogP contribution in [0.15, 0.2) is 30.3 Å². The molecule has 4 unspecified atom stereocenters. The van der Waals surface area contributed by atoms with E-state index in [9.17, 15) is 19.2 Å². The molecule has 0 aromatic heterocycles. The molecule has 1 saturated heterocycles. The summed E-state index contributed by atoms with van der Waals surface area (Å²) in [5.74, 6) is -0.221. The predicted octanol–water partition coefficient (Wildman–Crippen LogP) is 4.32. The van der Waals surface area contributed by atoms with E-state index in [0.29, 0.717) is 32.2 Å². The maximum absolute atomic E-state index is 13.4. The Balaban J connectivity index is 1.64. The van der Waals surface area contributed by atoms with Crippen molar-refractivity contribution in [3.8, 4) is 0 Å². The van der Waals surface area contributed by atoms with Crippen LogP contribution in [0.2, 0.25) is 19.6 Å². The second kappa shape index (κ2) is 13.6. The first-order valence-electron chi connectivity index (χ1n) is 14.4. The van der Waals surface area contributed by atoms with Gasteiger partial charge in [0.1, 0.15) is 18.2 Å². The number of hydrogen-bond donors (Lipinski definition) is 3. The quantitative estimate of drug-likeness (QED) is 0.303. The number of nitrogens with zero attached hydrogens (tertiary/aromatic N) is 1. The van der Waals surface area contributed by atoms with Gasteiger partial charge in [0.25, 0.3) is 0 Å². The fourth-order valence-corrected chi connectivity index (χ4v) is 5.34. The minimum atomic E-state index is -1.73. The summed E-state index contributed by atoms with van der Waals surface area (Å²) >= 11 is 0. The van der Waals surface area contributed by atoms with Gasteiger partial charge >= 0.3 is 18.3 Å². The number of alkyl carbamates (subject to hydrolysis) is 3.